The number of carbonyl (C=O) groups is 3. The van der Waals surface area contributed by atoms with Crippen molar-refractivity contribution < 1.29 is 24.2 Å². The molecule has 8 heteroatoms. The molecule has 0 aliphatic carbocycles. The summed E-state index contributed by atoms with van der Waals surface area (Å²) in [6.45, 7) is 5.79. The van der Waals surface area contributed by atoms with Crippen LogP contribution in [0.25, 0.3) is 0 Å². The number of carbonyl (C=O) groups excluding carboxylic acids is 2. The predicted octanol–water partition coefficient (Wildman–Crippen LogP) is 1.40. The molecule has 0 spiro atoms. The fourth-order valence-electron chi connectivity index (χ4n) is 3.29. The first kappa shape index (κ1) is 18.6. The van der Waals surface area contributed by atoms with Crippen molar-refractivity contribution in [3.05, 3.63) is 29.8 Å². The third kappa shape index (κ3) is 3.38. The largest absolute Gasteiger partial charge is 0.493 e. The van der Waals surface area contributed by atoms with Crippen LogP contribution in [0.4, 0.5) is 0 Å². The van der Waals surface area contributed by atoms with Gasteiger partial charge >= 0.3 is 5.97 Å². The summed E-state index contributed by atoms with van der Waals surface area (Å²) in [4.78, 5) is 37.3. The number of fused-ring (bicyclic) bond motifs is 1. The number of nitrogens with zero attached hydrogens (tertiary/aromatic N) is 1. The Labute approximate surface area is 156 Å². The van der Waals surface area contributed by atoms with E-state index < -0.39 is 22.8 Å². The molecule has 0 aromatic heterocycles. The van der Waals surface area contributed by atoms with E-state index >= 15 is 0 Å². The highest BCUT2D eigenvalue weighted by molar-refractivity contribution is 8.01. The molecule has 2 amide bonds. The molecule has 1 aromatic carbocycles. The number of β-lactam (4-membered cyclic amide) rings is 1. The normalized spacial score (nSPS) is 26.0. The molecule has 0 bridgehead atoms. The highest BCUT2D eigenvalue weighted by Gasteiger charge is 2.64. The topological polar surface area (TPSA) is 95.9 Å². The van der Waals surface area contributed by atoms with Gasteiger partial charge in [0.2, 0.25) is 11.8 Å². The number of aliphatic carboxylic acids is 1. The van der Waals surface area contributed by atoms with Gasteiger partial charge in [0.25, 0.3) is 0 Å². The zero-order valence-electron chi connectivity index (χ0n) is 14.9. The molecule has 3 rings (SSSR count). The van der Waals surface area contributed by atoms with Crippen molar-refractivity contribution in [2.45, 2.75) is 49.4 Å². The lowest BCUT2D eigenvalue weighted by atomic mass is 9.96. The lowest BCUT2D eigenvalue weighted by Gasteiger charge is -2.43. The van der Waals surface area contributed by atoms with Crippen molar-refractivity contribution in [3.8, 4) is 5.75 Å². The molecule has 2 heterocycles. The van der Waals surface area contributed by atoms with Gasteiger partial charge in [0.05, 0.1) is 13.0 Å². The molecule has 0 unspecified atom stereocenters. The maximum atomic E-state index is 12.3. The zero-order valence-corrected chi connectivity index (χ0v) is 15.7. The van der Waals surface area contributed by atoms with Crippen molar-refractivity contribution in [2.24, 2.45) is 0 Å². The van der Waals surface area contributed by atoms with Crippen LogP contribution in [-0.2, 0) is 14.4 Å². The van der Waals surface area contributed by atoms with E-state index in [2.05, 4.69) is 5.32 Å². The first-order valence-electron chi connectivity index (χ1n) is 8.42. The van der Waals surface area contributed by atoms with Crippen LogP contribution in [0.2, 0.25) is 0 Å². The van der Waals surface area contributed by atoms with Gasteiger partial charge in [0.1, 0.15) is 23.2 Å². The molecule has 140 valence electrons. The van der Waals surface area contributed by atoms with Crippen LogP contribution in [-0.4, -0.2) is 56.6 Å². The number of carboxylic acids is 1. The first-order valence-corrected chi connectivity index (χ1v) is 9.30. The molecule has 2 aliphatic heterocycles. The second kappa shape index (κ2) is 6.83. The number of hydrogen-bond donors (Lipinski definition) is 2. The molecule has 2 fully saturated rings. The average Bonchev–Trinajstić information content (AvgIpc) is 2.83. The molecule has 0 saturated carbocycles. The van der Waals surface area contributed by atoms with E-state index in [-0.39, 0.29) is 30.2 Å². The number of carboxylic acid groups (broad SMARTS) is 1. The molecule has 2 saturated heterocycles. The number of rotatable bonds is 6. The Morgan fingerprint density at radius 2 is 1.96 bits per heavy atom. The van der Waals surface area contributed by atoms with E-state index in [9.17, 15) is 19.5 Å². The Hall–Kier alpha value is -2.22. The highest BCUT2D eigenvalue weighted by atomic mass is 32.2. The number of amides is 2. The van der Waals surface area contributed by atoms with Gasteiger partial charge in [-0.1, -0.05) is 17.7 Å². The second-order valence-electron chi connectivity index (χ2n) is 7.05. The molecular weight excluding hydrogens is 356 g/mol. The predicted molar refractivity (Wildman–Crippen MR) is 96.9 cm³/mol. The monoisotopic (exact) mass is 378 g/mol. The van der Waals surface area contributed by atoms with Gasteiger partial charge in [-0.15, -0.1) is 11.8 Å². The molecule has 2 N–H and O–H groups in total. The summed E-state index contributed by atoms with van der Waals surface area (Å²) in [5.74, 6) is -0.957. The molecule has 7 nitrogen and oxygen atoms in total. The zero-order chi connectivity index (χ0) is 19.1. The Balaban J connectivity index is 1.50. The van der Waals surface area contributed by atoms with E-state index in [4.69, 9.17) is 4.74 Å². The standard InChI is InChI=1S/C18H22N2O5S/c1-10-4-6-11(7-5-10)25-9-8-12(21)19-13-15(22)20-14(17(23)24)18(2,3)26-16(13)20/h4-7,13-14,16H,8-9H2,1-3H3,(H,19,21)(H,23,24)/t13-,14+,16-/m1/s1. The molecule has 3 atom stereocenters. The number of ether oxygens (including phenoxy) is 1. The van der Waals surface area contributed by atoms with Crippen molar-refractivity contribution in [1.82, 2.24) is 10.2 Å². The van der Waals surface area contributed by atoms with Crippen LogP contribution in [0.5, 0.6) is 5.75 Å². The van der Waals surface area contributed by atoms with Gasteiger partial charge in [-0.05, 0) is 32.9 Å². The number of benzene rings is 1. The fourth-order valence-corrected chi connectivity index (χ4v) is 4.91. The Bertz CT molecular complexity index is 734. The minimum atomic E-state index is -1.02. The third-order valence-corrected chi connectivity index (χ3v) is 6.18. The second-order valence-corrected chi connectivity index (χ2v) is 8.83. The summed E-state index contributed by atoms with van der Waals surface area (Å²) >= 11 is 1.41. The maximum absolute atomic E-state index is 12.3. The van der Waals surface area contributed by atoms with Gasteiger partial charge in [-0.2, -0.15) is 0 Å². The van der Waals surface area contributed by atoms with E-state index in [1.165, 1.54) is 16.7 Å². The lowest BCUT2D eigenvalue weighted by Crippen LogP contribution is -2.70. The van der Waals surface area contributed by atoms with Crippen molar-refractivity contribution in [3.63, 3.8) is 0 Å². The Morgan fingerprint density at radius 1 is 1.31 bits per heavy atom. The summed E-state index contributed by atoms with van der Waals surface area (Å²) in [5, 5.41) is 11.8. The summed E-state index contributed by atoms with van der Waals surface area (Å²) in [6.07, 6.45) is 0.126. The maximum Gasteiger partial charge on any atom is 0.327 e. The summed E-state index contributed by atoms with van der Waals surface area (Å²) in [5.41, 5.74) is 1.12. The molecule has 1 aromatic rings. The molecular formula is C18H22N2O5S. The quantitative estimate of drug-likeness (QED) is 0.727. The van der Waals surface area contributed by atoms with Gasteiger partial charge in [0, 0.05) is 4.75 Å². The summed E-state index contributed by atoms with van der Waals surface area (Å²) in [6, 6.07) is 5.98. The van der Waals surface area contributed by atoms with Gasteiger partial charge in [0.15, 0.2) is 0 Å². The lowest BCUT2D eigenvalue weighted by molar-refractivity contribution is -0.161. The molecule has 0 radical (unpaired) electrons. The van der Waals surface area contributed by atoms with Gasteiger partial charge in [-0.3, -0.25) is 9.59 Å². The van der Waals surface area contributed by atoms with Crippen LogP contribution in [0.3, 0.4) is 0 Å². The highest BCUT2D eigenvalue weighted by Crippen LogP contribution is 2.50. The fraction of sp³-hybridized carbons (Fsp3) is 0.500. The number of thioether (sulfide) groups is 1. The van der Waals surface area contributed by atoms with E-state index in [1.54, 1.807) is 13.8 Å². The smallest absolute Gasteiger partial charge is 0.327 e. The molecule has 2 aliphatic rings. The molecule has 26 heavy (non-hydrogen) atoms. The van der Waals surface area contributed by atoms with Crippen molar-refractivity contribution in [2.75, 3.05) is 6.61 Å². The number of hydrogen-bond acceptors (Lipinski definition) is 5. The van der Waals surface area contributed by atoms with Gasteiger partial charge < -0.3 is 20.1 Å². The number of nitrogens with one attached hydrogen (secondary N) is 1. The van der Waals surface area contributed by atoms with Gasteiger partial charge in [-0.25, -0.2) is 4.79 Å². The minimum Gasteiger partial charge on any atom is -0.493 e. The average molecular weight is 378 g/mol. The summed E-state index contributed by atoms with van der Waals surface area (Å²) < 4.78 is 4.92. The van der Waals surface area contributed by atoms with Crippen LogP contribution < -0.4 is 10.1 Å². The van der Waals surface area contributed by atoms with Crippen molar-refractivity contribution in [1.29, 1.82) is 0 Å². The van der Waals surface area contributed by atoms with E-state index in [1.807, 2.05) is 31.2 Å². The third-order valence-electron chi connectivity index (χ3n) is 4.61. The van der Waals surface area contributed by atoms with Crippen LogP contribution in [0, 0.1) is 6.92 Å². The van der Waals surface area contributed by atoms with E-state index in [0.717, 1.165) is 5.56 Å². The van der Waals surface area contributed by atoms with Crippen LogP contribution in [0.15, 0.2) is 24.3 Å². The van der Waals surface area contributed by atoms with E-state index in [0.29, 0.717) is 5.75 Å². The number of aryl methyl sites for hydroxylation is 1. The summed E-state index contributed by atoms with van der Waals surface area (Å²) in [7, 11) is 0. The first-order chi connectivity index (χ1) is 12.2. The van der Waals surface area contributed by atoms with Crippen LogP contribution in [0.1, 0.15) is 25.8 Å². The van der Waals surface area contributed by atoms with Crippen LogP contribution >= 0.6 is 11.8 Å². The van der Waals surface area contributed by atoms with Crippen molar-refractivity contribution >= 4 is 29.5 Å². The Kier molecular flexibility index (Phi) is 4.88. The Morgan fingerprint density at radius 3 is 2.58 bits per heavy atom. The SMILES string of the molecule is Cc1ccc(OCCC(=O)N[C@@H]2C(=O)N3[C@@H]2SC(C)(C)[C@@H]3C(=O)O)cc1. The minimum absolute atomic E-state index is 0.126.